The Hall–Kier alpha value is -2.23. The zero-order valence-electron chi connectivity index (χ0n) is 18.0. The highest BCUT2D eigenvalue weighted by Gasteiger charge is 2.24. The average molecular weight is 420 g/mol. The molecule has 0 fully saturated rings. The van der Waals surface area contributed by atoms with Gasteiger partial charge in [-0.15, -0.1) is 0 Å². The lowest BCUT2D eigenvalue weighted by molar-refractivity contribution is 0.527. The molecule has 4 rings (SSSR count). The molecule has 0 bridgehead atoms. The van der Waals surface area contributed by atoms with Crippen LogP contribution in [-0.4, -0.2) is 22.6 Å². The third-order valence-corrected chi connectivity index (χ3v) is 6.35. The molecule has 156 valence electrons. The summed E-state index contributed by atoms with van der Waals surface area (Å²) in [6, 6.07) is 17.7. The number of hydrogen-bond acceptors (Lipinski definition) is 3. The molecular formula is C26H30ClN3. The largest absolute Gasteiger partial charge is 0.314 e. The summed E-state index contributed by atoms with van der Waals surface area (Å²) < 4.78 is 0. The number of hydrogen-bond donors (Lipinski definition) is 1. The van der Waals surface area contributed by atoms with Crippen LogP contribution in [0, 0.1) is 0 Å². The maximum atomic E-state index is 6.10. The van der Waals surface area contributed by atoms with Gasteiger partial charge < -0.3 is 5.32 Å². The Labute approximate surface area is 184 Å². The second kappa shape index (κ2) is 9.28. The van der Waals surface area contributed by atoms with E-state index >= 15 is 0 Å². The van der Waals surface area contributed by atoms with E-state index in [1.54, 1.807) is 6.33 Å². The Morgan fingerprint density at radius 3 is 2.47 bits per heavy atom. The average Bonchev–Trinajstić information content (AvgIpc) is 3.13. The third-order valence-electron chi connectivity index (χ3n) is 6.10. The quantitative estimate of drug-likeness (QED) is 0.497. The molecule has 1 aliphatic rings. The Morgan fingerprint density at radius 2 is 1.77 bits per heavy atom. The Bertz CT molecular complexity index is 980. The minimum absolute atomic E-state index is 0.402. The zero-order valence-corrected chi connectivity index (χ0v) is 18.8. The topological polar surface area (TPSA) is 37.8 Å². The van der Waals surface area contributed by atoms with Crippen LogP contribution in [0.4, 0.5) is 0 Å². The van der Waals surface area contributed by atoms with Crippen molar-refractivity contribution in [1.82, 2.24) is 15.3 Å². The highest BCUT2D eigenvalue weighted by molar-refractivity contribution is 6.30. The third kappa shape index (κ3) is 4.74. The van der Waals surface area contributed by atoms with Gasteiger partial charge in [-0.3, -0.25) is 0 Å². The summed E-state index contributed by atoms with van der Waals surface area (Å²) in [6.07, 6.45) is 4.94. The predicted molar refractivity (Wildman–Crippen MR) is 125 cm³/mol. The maximum absolute atomic E-state index is 6.10. The standard InChI is InChI=1S/C26H30ClN3/c1-17(2)28-15-22(20-9-11-23(27)12-10-20)14-19-5-7-21(8-6-19)26-25-18(3)4-13-24(25)29-16-30-26/h5-12,16-18,22,28H,4,13-15H2,1-3H3/t18-,22?/m1/s1. The van der Waals surface area contributed by atoms with Crippen LogP contribution in [0.3, 0.4) is 0 Å². The number of nitrogens with zero attached hydrogens (tertiary/aromatic N) is 2. The van der Waals surface area contributed by atoms with Crippen LogP contribution in [0.25, 0.3) is 11.3 Å². The zero-order chi connectivity index (χ0) is 21.1. The summed E-state index contributed by atoms with van der Waals surface area (Å²) in [7, 11) is 0. The molecule has 0 spiro atoms. The molecule has 2 aromatic carbocycles. The van der Waals surface area contributed by atoms with E-state index in [4.69, 9.17) is 11.6 Å². The van der Waals surface area contributed by atoms with Crippen molar-refractivity contribution >= 4 is 11.6 Å². The lowest BCUT2D eigenvalue weighted by Gasteiger charge is -2.20. The predicted octanol–water partition coefficient (Wildman–Crippen LogP) is 6.17. The molecule has 1 unspecified atom stereocenters. The minimum Gasteiger partial charge on any atom is -0.314 e. The van der Waals surface area contributed by atoms with Crippen LogP contribution >= 0.6 is 11.6 Å². The summed E-state index contributed by atoms with van der Waals surface area (Å²) in [4.78, 5) is 9.13. The van der Waals surface area contributed by atoms with Gasteiger partial charge in [0.25, 0.3) is 0 Å². The first-order chi connectivity index (χ1) is 14.5. The SMILES string of the molecule is CC(C)NCC(Cc1ccc(-c2ncnc3c2[C@H](C)CC3)cc1)c1ccc(Cl)cc1. The molecule has 0 saturated carbocycles. The van der Waals surface area contributed by atoms with Crippen molar-refractivity contribution in [1.29, 1.82) is 0 Å². The van der Waals surface area contributed by atoms with Crippen molar-refractivity contribution in [3.05, 3.63) is 82.3 Å². The van der Waals surface area contributed by atoms with Gasteiger partial charge in [0.2, 0.25) is 0 Å². The summed E-state index contributed by atoms with van der Waals surface area (Å²) in [5.41, 5.74) is 7.51. The van der Waals surface area contributed by atoms with E-state index in [0.717, 1.165) is 30.1 Å². The normalized spacial score (nSPS) is 16.6. The molecule has 2 atom stereocenters. The van der Waals surface area contributed by atoms with Gasteiger partial charge in [-0.1, -0.05) is 68.8 Å². The van der Waals surface area contributed by atoms with Crippen LogP contribution < -0.4 is 5.32 Å². The molecule has 0 amide bonds. The molecule has 0 radical (unpaired) electrons. The van der Waals surface area contributed by atoms with Gasteiger partial charge in [0, 0.05) is 40.3 Å². The lowest BCUT2D eigenvalue weighted by Crippen LogP contribution is -2.28. The minimum atomic E-state index is 0.402. The summed E-state index contributed by atoms with van der Waals surface area (Å²) in [6.45, 7) is 7.60. The molecule has 30 heavy (non-hydrogen) atoms. The van der Waals surface area contributed by atoms with Crippen LogP contribution in [0.15, 0.2) is 54.9 Å². The number of fused-ring (bicyclic) bond motifs is 1. The van der Waals surface area contributed by atoms with Gasteiger partial charge in [-0.05, 0) is 48.4 Å². The van der Waals surface area contributed by atoms with Crippen molar-refractivity contribution in [2.45, 2.75) is 57.9 Å². The summed E-state index contributed by atoms with van der Waals surface area (Å²) >= 11 is 6.10. The van der Waals surface area contributed by atoms with Gasteiger partial charge in [-0.2, -0.15) is 0 Å². The fourth-order valence-electron chi connectivity index (χ4n) is 4.38. The molecule has 1 N–H and O–H groups in total. The number of halogens is 1. The van der Waals surface area contributed by atoms with Crippen LogP contribution in [0.2, 0.25) is 5.02 Å². The molecule has 1 aliphatic carbocycles. The number of aryl methyl sites for hydroxylation is 1. The molecule has 3 nitrogen and oxygen atoms in total. The number of rotatable bonds is 7. The van der Waals surface area contributed by atoms with Crippen LogP contribution in [0.1, 0.15) is 61.4 Å². The Balaban J connectivity index is 1.55. The Kier molecular flexibility index (Phi) is 6.50. The maximum Gasteiger partial charge on any atom is 0.116 e. The lowest BCUT2D eigenvalue weighted by atomic mass is 9.90. The first kappa shape index (κ1) is 21.0. The van der Waals surface area contributed by atoms with E-state index in [2.05, 4.69) is 72.5 Å². The van der Waals surface area contributed by atoms with Crippen molar-refractivity contribution in [3.8, 4) is 11.3 Å². The summed E-state index contributed by atoms with van der Waals surface area (Å²) in [5, 5.41) is 4.38. The van der Waals surface area contributed by atoms with E-state index in [1.165, 1.54) is 34.4 Å². The molecule has 1 heterocycles. The van der Waals surface area contributed by atoms with Crippen molar-refractivity contribution in [2.24, 2.45) is 0 Å². The fraction of sp³-hybridized carbons (Fsp3) is 0.385. The van der Waals surface area contributed by atoms with Gasteiger partial charge >= 0.3 is 0 Å². The second-order valence-corrected chi connectivity index (χ2v) is 9.17. The molecule has 1 aromatic heterocycles. The van der Waals surface area contributed by atoms with Crippen LogP contribution in [0.5, 0.6) is 0 Å². The second-order valence-electron chi connectivity index (χ2n) is 8.73. The first-order valence-electron chi connectivity index (χ1n) is 10.9. The van der Waals surface area contributed by atoms with Gasteiger partial charge in [-0.25, -0.2) is 9.97 Å². The number of nitrogens with one attached hydrogen (secondary N) is 1. The van der Waals surface area contributed by atoms with Crippen molar-refractivity contribution < 1.29 is 0 Å². The van der Waals surface area contributed by atoms with E-state index < -0.39 is 0 Å². The number of benzene rings is 2. The highest BCUT2D eigenvalue weighted by Crippen LogP contribution is 2.37. The van der Waals surface area contributed by atoms with E-state index in [0.29, 0.717) is 17.9 Å². The summed E-state index contributed by atoms with van der Waals surface area (Å²) in [5.74, 6) is 0.936. The van der Waals surface area contributed by atoms with Crippen LogP contribution in [-0.2, 0) is 12.8 Å². The van der Waals surface area contributed by atoms with Gasteiger partial charge in [0.1, 0.15) is 6.33 Å². The van der Waals surface area contributed by atoms with Gasteiger partial charge in [0.15, 0.2) is 0 Å². The van der Waals surface area contributed by atoms with E-state index in [-0.39, 0.29) is 0 Å². The van der Waals surface area contributed by atoms with E-state index in [9.17, 15) is 0 Å². The molecule has 3 aromatic rings. The first-order valence-corrected chi connectivity index (χ1v) is 11.3. The smallest absolute Gasteiger partial charge is 0.116 e. The Morgan fingerprint density at radius 1 is 1.03 bits per heavy atom. The molecule has 0 saturated heterocycles. The van der Waals surface area contributed by atoms with Gasteiger partial charge in [0.05, 0.1) is 5.69 Å². The molecule has 0 aliphatic heterocycles. The highest BCUT2D eigenvalue weighted by atomic mass is 35.5. The van der Waals surface area contributed by atoms with Crippen molar-refractivity contribution in [3.63, 3.8) is 0 Å². The molecular weight excluding hydrogens is 390 g/mol. The monoisotopic (exact) mass is 419 g/mol. The number of aromatic nitrogens is 2. The fourth-order valence-corrected chi connectivity index (χ4v) is 4.51. The van der Waals surface area contributed by atoms with Crippen molar-refractivity contribution in [2.75, 3.05) is 6.54 Å². The van der Waals surface area contributed by atoms with E-state index in [1.807, 2.05) is 12.1 Å². The molecule has 4 heteroatoms.